The molecular formula is C109H112F6N20O10. The van der Waals surface area contributed by atoms with Crippen LogP contribution in [0.4, 0.5) is 54.8 Å². The molecule has 0 spiro atoms. The summed E-state index contributed by atoms with van der Waals surface area (Å²) in [5.41, 5.74) is 7.22. The fourth-order valence-corrected chi connectivity index (χ4v) is 22.8. The predicted octanol–water partition coefficient (Wildman–Crippen LogP) is 15.8. The summed E-state index contributed by atoms with van der Waals surface area (Å²) in [6.45, 7) is 41.8. The van der Waals surface area contributed by atoms with Gasteiger partial charge in [0.25, 0.3) is 16.7 Å². The quantitative estimate of drug-likeness (QED) is 0.0652. The number of halogens is 6. The number of fused-ring (bicyclic) bond motifs is 18. The van der Waals surface area contributed by atoms with Gasteiger partial charge in [-0.3, -0.25) is 71.1 Å². The van der Waals surface area contributed by atoms with E-state index in [-0.39, 0.29) is 168 Å². The first kappa shape index (κ1) is 98.0. The van der Waals surface area contributed by atoms with Gasteiger partial charge in [0.15, 0.2) is 17.5 Å². The smallest absolute Gasteiger partial charge is 0.326 e. The lowest BCUT2D eigenvalue weighted by Crippen LogP contribution is -2.64. The Hall–Kier alpha value is -15.8. The molecule has 0 bridgehead atoms. The first-order chi connectivity index (χ1) is 69.0. The summed E-state index contributed by atoms with van der Waals surface area (Å²) < 4.78 is 118. The van der Waals surface area contributed by atoms with Crippen LogP contribution in [0, 0.1) is 76.4 Å². The zero-order valence-electron chi connectivity index (χ0n) is 84.1. The highest BCUT2D eigenvalue weighted by Crippen LogP contribution is 2.52. The standard InChI is InChI=1S/C37H39F2N7O3.C36H37F2N7O3.C36H36F2N6O4/c1-9-26(47)44-17-22-16-42(7)35-33(45(22)15-21(44)6)23-14-24(38)28(27-19(4)10-11-25-34(27)43(8)37(49)41-25)29(39)32(23)46(36(35)48)31-20(5)12-13-40-30(31)18(2)3;1-8-25(46)43-16-21-14-40-30-33(44(21)15-20(43)6)22-13-23(37)27(26-18(4)9-10-24-34(26)42(7)36(48)41-24)28(38)32(22)45(35(30)47)31-19(5)11-12-39-29(31)17(2)3;1-8-25(45)42-15-21-16-48-34-32(43(21)14-20(42)6)22-13-23(37)27(26-18(4)9-10-24-33(26)41(7)36(47)40-24)28(38)31(22)44(35(34)46)30-19(5)11-12-39-29(30)17(2)3/h9-14,18,21-22H,1,15-17H2,2-8H3,(H,41,49);8-13,17,20-21,40H,1,14-16H2,2-7H3,(H,41,48);8-13,17,20-21H,1,14-16H2,2-7H3,(H,40,47). The van der Waals surface area contributed by atoms with E-state index < -0.39 is 68.7 Å². The van der Waals surface area contributed by atoms with Crippen LogP contribution in [0.1, 0.15) is 131 Å². The predicted molar refractivity (Wildman–Crippen MR) is 555 cm³/mol. The molecule has 36 heteroatoms. The minimum Gasteiger partial charge on any atom is -0.484 e. The molecule has 0 saturated carbocycles. The van der Waals surface area contributed by atoms with Crippen LogP contribution in [0.25, 0.3) is 116 Å². The van der Waals surface area contributed by atoms with Crippen LogP contribution in [0.2, 0.25) is 0 Å². The molecule has 6 unspecified atom stereocenters. The lowest BCUT2D eigenvalue weighted by Gasteiger charge is -2.51. The monoisotopic (exact) mass is 1970 g/mol. The third kappa shape index (κ3) is 15.3. The van der Waals surface area contributed by atoms with Crippen molar-refractivity contribution in [1.29, 1.82) is 0 Å². The summed E-state index contributed by atoms with van der Waals surface area (Å²) in [4.78, 5) is 156. The Bertz CT molecular complexity index is 8220. The molecule has 6 atom stereocenters. The summed E-state index contributed by atoms with van der Waals surface area (Å²) in [5.74, 6) is -6.37. The highest BCUT2D eigenvalue weighted by molar-refractivity contribution is 6.09. The van der Waals surface area contributed by atoms with Crippen molar-refractivity contribution in [3.05, 3.63) is 277 Å². The maximum atomic E-state index is 17.8. The molecular weight excluding hydrogens is 1860 g/mol. The van der Waals surface area contributed by atoms with Gasteiger partial charge in [-0.15, -0.1) is 0 Å². The van der Waals surface area contributed by atoms with E-state index in [0.717, 1.165) is 0 Å². The number of aromatic nitrogens is 12. The van der Waals surface area contributed by atoms with Crippen LogP contribution in [-0.2, 0) is 35.5 Å². The number of piperazine rings is 3. The van der Waals surface area contributed by atoms with E-state index in [2.05, 4.69) is 55.0 Å². The van der Waals surface area contributed by atoms with Gasteiger partial charge in [0.1, 0.15) is 35.4 Å². The molecule has 750 valence electrons. The van der Waals surface area contributed by atoms with Crippen molar-refractivity contribution in [2.24, 2.45) is 21.1 Å². The molecule has 0 aliphatic carbocycles. The highest BCUT2D eigenvalue weighted by atomic mass is 19.2. The van der Waals surface area contributed by atoms with Crippen molar-refractivity contribution in [3.8, 4) is 56.2 Å². The van der Waals surface area contributed by atoms with E-state index in [4.69, 9.17) is 4.74 Å². The number of nitrogens with zero attached hydrogens (tertiary/aromatic N) is 16. The molecule has 3 saturated heterocycles. The van der Waals surface area contributed by atoms with Crippen molar-refractivity contribution in [1.82, 2.24) is 72.0 Å². The van der Waals surface area contributed by atoms with Crippen LogP contribution in [0.5, 0.6) is 5.75 Å². The van der Waals surface area contributed by atoms with Gasteiger partial charge in [-0.05, 0) is 186 Å². The summed E-state index contributed by atoms with van der Waals surface area (Å²) in [6.07, 6.45) is 8.80. The number of benzene rings is 6. The van der Waals surface area contributed by atoms with Gasteiger partial charge >= 0.3 is 17.1 Å². The second kappa shape index (κ2) is 36.6. The molecule has 0 radical (unpaired) electrons. The maximum Gasteiger partial charge on any atom is 0.326 e. The number of carbonyl (C=O) groups is 3. The van der Waals surface area contributed by atoms with Crippen molar-refractivity contribution in [2.45, 2.75) is 158 Å². The molecule has 15 heterocycles. The average molecular weight is 1980 g/mol. The van der Waals surface area contributed by atoms with Crippen LogP contribution in [0.3, 0.4) is 0 Å². The number of anilines is 5. The zero-order valence-corrected chi connectivity index (χ0v) is 84.1. The second-order valence-corrected chi connectivity index (χ2v) is 40.0. The number of hydrogen-bond donors (Lipinski definition) is 4. The number of aryl methyl sites for hydroxylation is 9. The number of carbonyl (C=O) groups excluding carboxylic acids is 3. The normalized spacial score (nSPS) is 17.6. The van der Waals surface area contributed by atoms with Crippen LogP contribution in [-0.4, -0.2) is 192 Å². The number of rotatable bonds is 12. The zero-order chi connectivity index (χ0) is 104. The summed E-state index contributed by atoms with van der Waals surface area (Å²) >= 11 is 0. The van der Waals surface area contributed by atoms with Gasteiger partial charge in [-0.25, -0.2) is 40.7 Å². The van der Waals surface area contributed by atoms with Gasteiger partial charge in [0.05, 0.1) is 136 Å². The molecule has 3 fully saturated rings. The third-order valence-corrected chi connectivity index (χ3v) is 29.8. The third-order valence-electron chi connectivity index (χ3n) is 29.8. The fourth-order valence-electron chi connectivity index (χ4n) is 22.8. The average Bonchev–Trinajstić information content (AvgIpc) is 0.767. The second-order valence-electron chi connectivity index (χ2n) is 40.0. The molecule has 6 aliphatic heterocycles. The minimum absolute atomic E-state index is 0.0229. The Morgan fingerprint density at radius 1 is 0.386 bits per heavy atom. The topological polar surface area (TPSA) is 313 Å². The van der Waals surface area contributed by atoms with Crippen molar-refractivity contribution < 1.29 is 45.5 Å². The molecule has 30 nitrogen and oxygen atoms in total. The first-order valence-electron chi connectivity index (χ1n) is 48.4. The molecule has 6 aromatic carbocycles. The Balaban J connectivity index is 0.000000137. The molecule has 6 aliphatic rings. The number of ether oxygens (including phenoxy) is 1. The van der Waals surface area contributed by atoms with E-state index in [1.165, 1.54) is 70.9 Å². The lowest BCUT2D eigenvalue weighted by atomic mass is 9.93. The van der Waals surface area contributed by atoms with Gasteiger partial charge in [-0.2, -0.15) is 0 Å². The van der Waals surface area contributed by atoms with Gasteiger partial charge in [0.2, 0.25) is 23.5 Å². The van der Waals surface area contributed by atoms with E-state index in [1.807, 2.05) is 103 Å². The van der Waals surface area contributed by atoms with E-state index in [1.54, 1.807) is 130 Å². The summed E-state index contributed by atoms with van der Waals surface area (Å²) in [5, 5.41) is 3.86. The van der Waals surface area contributed by atoms with Crippen LogP contribution >= 0.6 is 0 Å². The number of pyridine rings is 6. The summed E-state index contributed by atoms with van der Waals surface area (Å²) in [6, 6.07) is 17.7. The Morgan fingerprint density at radius 2 is 0.717 bits per heavy atom. The first-order valence-corrected chi connectivity index (χ1v) is 48.4. The van der Waals surface area contributed by atoms with E-state index in [0.29, 0.717) is 164 Å². The number of aromatic amines is 3. The fraction of sp³-hybridized carbons (Fsp3) is 0.339. The SMILES string of the molecule is C=CC(=O)N1CC2CN(C)c3c(c4cc(F)c(-c5c(C)ccc6[nH]c(=O)n(C)c56)c(F)c4n(-c4c(C)ccnc4C(C)C)c3=O)N2CC1C.C=CC(=O)N1CC2CNc3c(c4cc(F)c(-c5c(C)ccc6[nH]c(=O)n(C)c56)c(F)c4n(-c4c(C)ccnc4C(C)C)c3=O)N2CC1C.C=CC(=O)N1CC2COc3c(c4cc(F)c(-c5c(C)ccc6[nH]c(=O)n(C)c56)c(F)c4n(-c4c(C)ccnc4C(C)C)c3=O)N2CC1C. The molecule has 4 N–H and O–H groups in total. The number of hydrogen-bond acceptors (Lipinski definition) is 18. The van der Waals surface area contributed by atoms with Gasteiger partial charge in [0, 0.05) is 150 Å². The molecule has 145 heavy (non-hydrogen) atoms. The minimum atomic E-state index is -0.956. The molecule has 3 amide bonds. The van der Waals surface area contributed by atoms with Gasteiger partial charge in [-0.1, -0.05) is 79.5 Å². The van der Waals surface area contributed by atoms with Crippen molar-refractivity contribution in [2.75, 3.05) is 90.9 Å². The largest absolute Gasteiger partial charge is 0.484 e. The van der Waals surface area contributed by atoms with E-state index >= 15 is 31.1 Å². The Kier molecular flexibility index (Phi) is 24.7. The lowest BCUT2D eigenvalue weighted by molar-refractivity contribution is -0.129. The Morgan fingerprint density at radius 3 is 1.09 bits per heavy atom. The van der Waals surface area contributed by atoms with Crippen LogP contribution in [0.15, 0.2) is 158 Å². The van der Waals surface area contributed by atoms with Crippen molar-refractivity contribution >= 4 is 112 Å². The number of H-pyrrole nitrogens is 3. The summed E-state index contributed by atoms with van der Waals surface area (Å²) in [7, 11) is 6.43. The molecule has 9 aromatic heterocycles. The number of imidazole rings is 3. The van der Waals surface area contributed by atoms with Crippen LogP contribution < -0.4 is 63.4 Å². The maximum absolute atomic E-state index is 17.8. The number of nitrogens with one attached hydrogen (secondary N) is 4. The van der Waals surface area contributed by atoms with Crippen molar-refractivity contribution in [3.63, 3.8) is 0 Å². The highest BCUT2D eigenvalue weighted by Gasteiger charge is 2.47. The number of amides is 3. The molecule has 21 rings (SSSR count). The number of likely N-dealkylation sites (N-methyl/N-ethyl adjacent to an activating group) is 1. The molecule has 15 aromatic rings. The van der Waals surface area contributed by atoms with Gasteiger partial charge < -0.3 is 59.3 Å². The van der Waals surface area contributed by atoms with E-state index in [9.17, 15) is 38.4 Å². The Labute approximate surface area is 828 Å².